The Labute approximate surface area is 92.8 Å². The van der Waals surface area contributed by atoms with Crippen molar-refractivity contribution in [2.75, 3.05) is 0 Å². The van der Waals surface area contributed by atoms with Gasteiger partial charge in [0.1, 0.15) is 0 Å². The van der Waals surface area contributed by atoms with E-state index >= 15 is 0 Å². The predicted octanol–water partition coefficient (Wildman–Crippen LogP) is 2.80. The van der Waals surface area contributed by atoms with Crippen LogP contribution in [0.4, 0.5) is 0 Å². The molecule has 3 N–H and O–H groups in total. The lowest BCUT2D eigenvalue weighted by molar-refractivity contribution is 0.438. The summed E-state index contributed by atoms with van der Waals surface area (Å²) in [7, 11) is 0. The zero-order valence-electron chi connectivity index (χ0n) is 9.96. The van der Waals surface area contributed by atoms with Crippen molar-refractivity contribution >= 4 is 0 Å². The third kappa shape index (κ3) is 3.65. The van der Waals surface area contributed by atoms with Gasteiger partial charge in [-0.1, -0.05) is 45.0 Å². The number of rotatable bonds is 5. The molecule has 1 atom stereocenters. The molecule has 1 aromatic carbocycles. The van der Waals surface area contributed by atoms with Gasteiger partial charge < -0.3 is 0 Å². The number of hydrazine groups is 1. The minimum absolute atomic E-state index is 0.275. The van der Waals surface area contributed by atoms with Gasteiger partial charge in [0, 0.05) is 6.04 Å². The number of hydrogen-bond acceptors (Lipinski definition) is 2. The number of nitrogens with two attached hydrogens (primary N) is 1. The fourth-order valence-electron chi connectivity index (χ4n) is 1.80. The topological polar surface area (TPSA) is 38.0 Å². The summed E-state index contributed by atoms with van der Waals surface area (Å²) in [5.41, 5.74) is 5.57. The van der Waals surface area contributed by atoms with Crippen molar-refractivity contribution < 1.29 is 0 Å². The van der Waals surface area contributed by atoms with Gasteiger partial charge in [0.2, 0.25) is 0 Å². The van der Waals surface area contributed by atoms with E-state index in [9.17, 15) is 0 Å². The van der Waals surface area contributed by atoms with Crippen molar-refractivity contribution in [3.05, 3.63) is 35.4 Å². The lowest BCUT2D eigenvalue weighted by atomic mass is 9.96. The van der Waals surface area contributed by atoms with Crippen LogP contribution in [0, 0.1) is 5.92 Å². The number of hydrogen-bond donors (Lipinski definition) is 2. The summed E-state index contributed by atoms with van der Waals surface area (Å²) in [6, 6.07) is 8.93. The van der Waals surface area contributed by atoms with Crippen LogP contribution in [0.15, 0.2) is 24.3 Å². The van der Waals surface area contributed by atoms with Crippen LogP contribution in [0.5, 0.6) is 0 Å². The van der Waals surface area contributed by atoms with Crippen LogP contribution in [0.3, 0.4) is 0 Å². The fourth-order valence-corrected chi connectivity index (χ4v) is 1.80. The average molecular weight is 206 g/mol. The lowest BCUT2D eigenvalue weighted by Gasteiger charge is -2.19. The molecule has 0 aliphatic heterocycles. The normalized spacial score (nSPS) is 13.1. The van der Waals surface area contributed by atoms with Crippen molar-refractivity contribution in [2.45, 2.75) is 39.7 Å². The van der Waals surface area contributed by atoms with Gasteiger partial charge in [-0.15, -0.1) is 0 Å². The Hall–Kier alpha value is -0.860. The Morgan fingerprint density at radius 1 is 1.33 bits per heavy atom. The van der Waals surface area contributed by atoms with Crippen LogP contribution in [0.1, 0.15) is 44.4 Å². The van der Waals surface area contributed by atoms with Gasteiger partial charge in [0.25, 0.3) is 0 Å². The maximum absolute atomic E-state index is 5.59. The first-order chi connectivity index (χ1) is 7.17. The molecule has 0 aliphatic carbocycles. The number of aryl methyl sites for hydroxylation is 1. The Morgan fingerprint density at radius 3 is 2.60 bits per heavy atom. The van der Waals surface area contributed by atoms with E-state index in [0.29, 0.717) is 5.92 Å². The van der Waals surface area contributed by atoms with Gasteiger partial charge in [-0.05, 0) is 29.9 Å². The summed E-state index contributed by atoms with van der Waals surface area (Å²) in [5.74, 6) is 6.24. The van der Waals surface area contributed by atoms with E-state index in [1.165, 1.54) is 11.1 Å². The summed E-state index contributed by atoms with van der Waals surface area (Å²) in [6.07, 6.45) is 2.15. The highest BCUT2D eigenvalue weighted by Gasteiger charge is 2.11. The molecule has 15 heavy (non-hydrogen) atoms. The first kappa shape index (κ1) is 12.2. The highest BCUT2D eigenvalue weighted by molar-refractivity contribution is 5.26. The van der Waals surface area contributed by atoms with E-state index in [4.69, 9.17) is 5.84 Å². The Balaban J connectivity index is 2.81. The van der Waals surface area contributed by atoms with Gasteiger partial charge in [-0.2, -0.15) is 0 Å². The Morgan fingerprint density at radius 2 is 2.07 bits per heavy atom. The molecule has 0 amide bonds. The second-order valence-corrected chi connectivity index (χ2v) is 4.45. The van der Waals surface area contributed by atoms with E-state index < -0.39 is 0 Å². The lowest BCUT2D eigenvalue weighted by Crippen LogP contribution is -2.29. The third-order valence-electron chi connectivity index (χ3n) is 2.67. The summed E-state index contributed by atoms with van der Waals surface area (Å²) >= 11 is 0. The summed E-state index contributed by atoms with van der Waals surface area (Å²) in [5, 5.41) is 0. The molecular weight excluding hydrogens is 184 g/mol. The molecule has 1 aromatic rings. The van der Waals surface area contributed by atoms with Crippen molar-refractivity contribution in [1.82, 2.24) is 5.43 Å². The molecule has 0 saturated heterocycles. The van der Waals surface area contributed by atoms with Crippen LogP contribution >= 0.6 is 0 Å². The smallest absolute Gasteiger partial charge is 0.0462 e. The molecule has 0 aliphatic rings. The van der Waals surface area contributed by atoms with E-state index in [1.807, 2.05) is 0 Å². The maximum atomic E-state index is 5.59. The fraction of sp³-hybridized carbons (Fsp3) is 0.538. The van der Waals surface area contributed by atoms with Gasteiger partial charge >= 0.3 is 0 Å². The first-order valence-electron chi connectivity index (χ1n) is 5.72. The predicted molar refractivity (Wildman–Crippen MR) is 65.3 cm³/mol. The second-order valence-electron chi connectivity index (χ2n) is 4.45. The number of nitrogens with one attached hydrogen (secondary N) is 1. The largest absolute Gasteiger partial charge is 0.271 e. The van der Waals surface area contributed by atoms with E-state index in [1.54, 1.807) is 0 Å². The summed E-state index contributed by atoms with van der Waals surface area (Å²) in [6.45, 7) is 6.61. The van der Waals surface area contributed by atoms with Crippen molar-refractivity contribution in [3.63, 3.8) is 0 Å². The third-order valence-corrected chi connectivity index (χ3v) is 2.67. The zero-order chi connectivity index (χ0) is 11.3. The monoisotopic (exact) mass is 206 g/mol. The van der Waals surface area contributed by atoms with E-state index in [-0.39, 0.29) is 6.04 Å². The SMILES string of the molecule is CCc1cccc(C(CC(C)C)NN)c1. The molecule has 2 nitrogen and oxygen atoms in total. The molecule has 0 aromatic heterocycles. The van der Waals surface area contributed by atoms with Gasteiger partial charge in [-0.25, -0.2) is 0 Å². The molecule has 0 saturated carbocycles. The second kappa shape index (κ2) is 5.89. The Kier molecular flexibility index (Phi) is 4.79. The minimum Gasteiger partial charge on any atom is -0.271 e. The molecule has 1 rings (SSSR count). The molecular formula is C13H22N2. The van der Waals surface area contributed by atoms with Crippen molar-refractivity contribution in [1.29, 1.82) is 0 Å². The van der Waals surface area contributed by atoms with Crippen LogP contribution < -0.4 is 11.3 Å². The van der Waals surface area contributed by atoms with Crippen LogP contribution in [0.2, 0.25) is 0 Å². The van der Waals surface area contributed by atoms with Gasteiger partial charge in [-0.3, -0.25) is 11.3 Å². The Bertz CT molecular complexity index is 294. The van der Waals surface area contributed by atoms with Gasteiger partial charge in [0.15, 0.2) is 0 Å². The highest BCUT2D eigenvalue weighted by atomic mass is 15.2. The van der Waals surface area contributed by atoms with Crippen LogP contribution in [0.25, 0.3) is 0 Å². The maximum Gasteiger partial charge on any atom is 0.0462 e. The molecule has 0 heterocycles. The molecule has 84 valence electrons. The quantitative estimate of drug-likeness (QED) is 0.574. The molecule has 0 bridgehead atoms. The average Bonchev–Trinajstić information content (AvgIpc) is 2.25. The molecule has 0 fully saturated rings. The van der Waals surface area contributed by atoms with E-state index in [0.717, 1.165) is 12.8 Å². The first-order valence-corrected chi connectivity index (χ1v) is 5.72. The van der Waals surface area contributed by atoms with Crippen molar-refractivity contribution in [2.24, 2.45) is 11.8 Å². The van der Waals surface area contributed by atoms with Crippen LogP contribution in [-0.4, -0.2) is 0 Å². The van der Waals surface area contributed by atoms with E-state index in [2.05, 4.69) is 50.5 Å². The molecule has 2 heteroatoms. The molecule has 0 radical (unpaired) electrons. The summed E-state index contributed by atoms with van der Waals surface area (Å²) < 4.78 is 0. The zero-order valence-corrected chi connectivity index (χ0v) is 9.96. The van der Waals surface area contributed by atoms with Crippen molar-refractivity contribution in [3.8, 4) is 0 Å². The highest BCUT2D eigenvalue weighted by Crippen LogP contribution is 2.21. The minimum atomic E-state index is 0.275. The standard InChI is InChI=1S/C13H22N2/c1-4-11-6-5-7-12(9-11)13(15-14)8-10(2)3/h5-7,9-10,13,15H,4,8,14H2,1-3H3. The number of benzene rings is 1. The summed E-state index contributed by atoms with van der Waals surface area (Å²) in [4.78, 5) is 0. The van der Waals surface area contributed by atoms with Gasteiger partial charge in [0.05, 0.1) is 0 Å². The molecule has 1 unspecified atom stereocenters. The van der Waals surface area contributed by atoms with Crippen LogP contribution in [-0.2, 0) is 6.42 Å². The molecule has 0 spiro atoms.